The fourth-order valence-corrected chi connectivity index (χ4v) is 5.45. The van der Waals surface area contributed by atoms with Crippen molar-refractivity contribution in [3.8, 4) is 0 Å². The minimum absolute atomic E-state index is 0.127. The summed E-state index contributed by atoms with van der Waals surface area (Å²) in [6.45, 7) is 7.72. The Bertz CT molecular complexity index is 1100. The number of carbonyl (C=O) groups is 3. The average Bonchev–Trinajstić information content (AvgIpc) is 3.18. The standard InChI is InChI=1S/C27H34FN3O4S/c1-5-14-29-25(34)23-27(3,4)36-16-31(23)26(35)22(32)21(15-18-10-7-6-8-11-18)30-24(33)19-12-9-13-20(28)17(19)2/h6-13,21-23,32H,5,14-16H2,1-4H3,(H,29,34)(H,30,33)/t21-,22-,23?/m0/s1. The van der Waals surface area contributed by atoms with Crippen LogP contribution in [0.25, 0.3) is 0 Å². The van der Waals surface area contributed by atoms with Crippen LogP contribution in [0.15, 0.2) is 48.5 Å². The smallest absolute Gasteiger partial charge is 0.254 e. The monoisotopic (exact) mass is 515 g/mol. The van der Waals surface area contributed by atoms with E-state index in [9.17, 15) is 23.9 Å². The Morgan fingerprint density at radius 2 is 1.86 bits per heavy atom. The van der Waals surface area contributed by atoms with Crippen LogP contribution in [-0.4, -0.2) is 63.1 Å². The third-order valence-corrected chi connectivity index (χ3v) is 7.76. The van der Waals surface area contributed by atoms with Crippen LogP contribution in [0.1, 0.15) is 48.7 Å². The molecule has 0 radical (unpaired) electrons. The van der Waals surface area contributed by atoms with Gasteiger partial charge in [-0.2, -0.15) is 0 Å². The highest BCUT2D eigenvalue weighted by Crippen LogP contribution is 2.39. The van der Waals surface area contributed by atoms with E-state index in [0.717, 1.165) is 12.0 Å². The topological polar surface area (TPSA) is 98.7 Å². The largest absolute Gasteiger partial charge is 0.381 e. The van der Waals surface area contributed by atoms with E-state index in [4.69, 9.17) is 0 Å². The maximum absolute atomic E-state index is 14.1. The van der Waals surface area contributed by atoms with Crippen LogP contribution in [-0.2, 0) is 16.0 Å². The van der Waals surface area contributed by atoms with Gasteiger partial charge in [-0.15, -0.1) is 11.8 Å². The van der Waals surface area contributed by atoms with Gasteiger partial charge in [0.15, 0.2) is 6.10 Å². The molecule has 2 aromatic carbocycles. The zero-order valence-corrected chi connectivity index (χ0v) is 21.9. The number of rotatable bonds is 9. The molecular weight excluding hydrogens is 481 g/mol. The molecule has 2 aromatic rings. The SMILES string of the molecule is CCCNC(=O)C1N(C(=O)[C@@H](O)[C@H](Cc2ccccc2)NC(=O)c2cccc(F)c2C)CSC1(C)C. The number of hydrogen-bond acceptors (Lipinski definition) is 5. The summed E-state index contributed by atoms with van der Waals surface area (Å²) in [5, 5.41) is 16.8. The van der Waals surface area contributed by atoms with Crippen molar-refractivity contribution in [3.63, 3.8) is 0 Å². The lowest BCUT2D eigenvalue weighted by molar-refractivity contribution is -0.147. The van der Waals surface area contributed by atoms with Crippen molar-refractivity contribution >= 4 is 29.5 Å². The van der Waals surface area contributed by atoms with Crippen LogP contribution in [0.5, 0.6) is 0 Å². The van der Waals surface area contributed by atoms with Crippen LogP contribution in [0.3, 0.4) is 0 Å². The maximum atomic E-state index is 14.1. The summed E-state index contributed by atoms with van der Waals surface area (Å²) >= 11 is 1.46. The Morgan fingerprint density at radius 1 is 1.17 bits per heavy atom. The zero-order valence-electron chi connectivity index (χ0n) is 21.1. The van der Waals surface area contributed by atoms with Gasteiger partial charge in [-0.1, -0.05) is 43.3 Å². The van der Waals surface area contributed by atoms with Gasteiger partial charge in [0.2, 0.25) is 5.91 Å². The molecule has 3 rings (SSSR count). The molecule has 0 saturated carbocycles. The normalized spacial score (nSPS) is 18.4. The first-order valence-corrected chi connectivity index (χ1v) is 13.1. The highest BCUT2D eigenvalue weighted by molar-refractivity contribution is 8.00. The molecule has 1 heterocycles. The zero-order chi connectivity index (χ0) is 26.5. The van der Waals surface area contributed by atoms with Crippen LogP contribution >= 0.6 is 11.8 Å². The lowest BCUT2D eigenvalue weighted by atomic mass is 9.96. The molecule has 1 aliphatic heterocycles. The van der Waals surface area contributed by atoms with Gasteiger partial charge in [-0.25, -0.2) is 4.39 Å². The van der Waals surface area contributed by atoms with E-state index in [-0.39, 0.29) is 29.3 Å². The van der Waals surface area contributed by atoms with Crippen molar-refractivity contribution in [2.75, 3.05) is 12.4 Å². The highest BCUT2D eigenvalue weighted by Gasteiger charge is 2.49. The number of thioether (sulfide) groups is 1. The second kappa shape index (κ2) is 11.9. The molecular formula is C27H34FN3O4S. The number of carbonyl (C=O) groups excluding carboxylic acids is 3. The van der Waals surface area contributed by atoms with Crippen LogP contribution < -0.4 is 10.6 Å². The van der Waals surface area contributed by atoms with E-state index in [1.54, 1.807) is 0 Å². The van der Waals surface area contributed by atoms with Gasteiger partial charge in [0.05, 0.1) is 11.9 Å². The fraction of sp³-hybridized carbons (Fsp3) is 0.444. The Labute approximate surface area is 215 Å². The van der Waals surface area contributed by atoms with Gasteiger partial charge < -0.3 is 20.6 Å². The third kappa shape index (κ3) is 6.25. The summed E-state index contributed by atoms with van der Waals surface area (Å²) in [4.78, 5) is 41.0. The molecule has 1 aliphatic rings. The van der Waals surface area contributed by atoms with Crippen molar-refractivity contribution in [3.05, 3.63) is 71.0 Å². The molecule has 0 aromatic heterocycles. The van der Waals surface area contributed by atoms with Crippen LogP contribution in [0.4, 0.5) is 4.39 Å². The van der Waals surface area contributed by atoms with E-state index in [1.165, 1.54) is 41.8 Å². The number of hydrogen-bond donors (Lipinski definition) is 3. The molecule has 3 amide bonds. The van der Waals surface area contributed by atoms with E-state index in [2.05, 4.69) is 10.6 Å². The molecule has 3 atom stereocenters. The maximum Gasteiger partial charge on any atom is 0.254 e. The average molecular weight is 516 g/mol. The molecule has 1 unspecified atom stereocenters. The van der Waals surface area contributed by atoms with Gasteiger partial charge in [-0.05, 0) is 56.9 Å². The van der Waals surface area contributed by atoms with Gasteiger partial charge in [0.1, 0.15) is 11.9 Å². The minimum atomic E-state index is -1.61. The second-order valence-electron chi connectivity index (χ2n) is 9.51. The lowest BCUT2D eigenvalue weighted by Gasteiger charge is -2.33. The predicted molar refractivity (Wildman–Crippen MR) is 139 cm³/mol. The van der Waals surface area contributed by atoms with Gasteiger partial charge >= 0.3 is 0 Å². The summed E-state index contributed by atoms with van der Waals surface area (Å²) in [5.74, 6) is -1.78. The van der Waals surface area contributed by atoms with Crippen molar-refractivity contribution in [1.82, 2.24) is 15.5 Å². The first-order chi connectivity index (χ1) is 17.1. The number of aliphatic hydroxyl groups excluding tert-OH is 1. The Kier molecular flexibility index (Phi) is 9.13. The van der Waals surface area contributed by atoms with Crippen LogP contribution in [0.2, 0.25) is 0 Å². The molecule has 0 bridgehead atoms. The van der Waals surface area contributed by atoms with E-state index >= 15 is 0 Å². The molecule has 7 nitrogen and oxygen atoms in total. The van der Waals surface area contributed by atoms with Crippen molar-refractivity contribution in [2.45, 2.75) is 63.5 Å². The fourth-order valence-electron chi connectivity index (χ4n) is 4.31. The Hall–Kier alpha value is -2.91. The summed E-state index contributed by atoms with van der Waals surface area (Å²) in [7, 11) is 0. The minimum Gasteiger partial charge on any atom is -0.381 e. The predicted octanol–water partition coefficient (Wildman–Crippen LogP) is 3.04. The molecule has 0 aliphatic carbocycles. The molecule has 36 heavy (non-hydrogen) atoms. The van der Waals surface area contributed by atoms with Gasteiger partial charge in [-0.3, -0.25) is 14.4 Å². The number of nitrogens with zero attached hydrogens (tertiary/aromatic N) is 1. The molecule has 3 N–H and O–H groups in total. The number of benzene rings is 2. The second-order valence-corrected chi connectivity index (χ2v) is 11.1. The number of aliphatic hydroxyl groups is 1. The van der Waals surface area contributed by atoms with Crippen molar-refractivity contribution in [1.29, 1.82) is 0 Å². The van der Waals surface area contributed by atoms with Crippen LogP contribution in [0, 0.1) is 12.7 Å². The van der Waals surface area contributed by atoms with Crippen molar-refractivity contribution in [2.24, 2.45) is 0 Å². The summed E-state index contributed by atoms with van der Waals surface area (Å²) in [6, 6.07) is 11.6. The Morgan fingerprint density at radius 3 is 2.53 bits per heavy atom. The first kappa shape index (κ1) is 27.7. The molecule has 0 spiro atoms. The van der Waals surface area contributed by atoms with E-state index in [0.29, 0.717) is 6.54 Å². The number of nitrogens with one attached hydrogen (secondary N) is 2. The Balaban J connectivity index is 1.87. The molecule has 194 valence electrons. The summed E-state index contributed by atoms with van der Waals surface area (Å²) in [6.07, 6.45) is -0.683. The van der Waals surface area contributed by atoms with E-state index < -0.39 is 40.6 Å². The quantitative estimate of drug-likeness (QED) is 0.477. The van der Waals surface area contributed by atoms with Crippen molar-refractivity contribution < 1.29 is 23.9 Å². The number of amides is 3. The highest BCUT2D eigenvalue weighted by atomic mass is 32.2. The first-order valence-electron chi connectivity index (χ1n) is 12.1. The lowest BCUT2D eigenvalue weighted by Crippen LogP contribution is -2.58. The molecule has 1 saturated heterocycles. The molecule has 9 heteroatoms. The number of halogens is 1. The summed E-state index contributed by atoms with van der Waals surface area (Å²) < 4.78 is 13.5. The van der Waals surface area contributed by atoms with E-state index in [1.807, 2.05) is 51.1 Å². The molecule has 1 fully saturated rings. The van der Waals surface area contributed by atoms with Gasteiger partial charge in [0, 0.05) is 16.9 Å². The van der Waals surface area contributed by atoms with Gasteiger partial charge in [0.25, 0.3) is 11.8 Å². The third-order valence-electron chi connectivity index (χ3n) is 6.39. The summed E-state index contributed by atoms with van der Waals surface area (Å²) in [5.41, 5.74) is 1.11.